The standard InChI is InChI=1S/C17H23Cl2NO/c1-20-14-11-15(17(14)9-4-2-3-5-10-17)21-13-8-6-7-12(18)16(13)19/h6-8,14-15,20H,2-5,9-11H2,1H3. The highest BCUT2D eigenvalue weighted by Crippen LogP contribution is 2.53. The fourth-order valence-corrected chi connectivity index (χ4v) is 4.44. The van der Waals surface area contributed by atoms with Gasteiger partial charge in [-0.3, -0.25) is 0 Å². The number of halogens is 2. The highest BCUT2D eigenvalue weighted by molar-refractivity contribution is 6.42. The van der Waals surface area contributed by atoms with Crippen LogP contribution in [0.4, 0.5) is 0 Å². The van der Waals surface area contributed by atoms with Gasteiger partial charge in [-0.2, -0.15) is 0 Å². The van der Waals surface area contributed by atoms with Gasteiger partial charge in [0.15, 0.2) is 0 Å². The molecule has 4 heteroatoms. The molecule has 0 aromatic heterocycles. The molecule has 116 valence electrons. The lowest BCUT2D eigenvalue weighted by Gasteiger charge is -2.55. The molecule has 1 aromatic rings. The van der Waals surface area contributed by atoms with Crippen molar-refractivity contribution in [3.05, 3.63) is 28.2 Å². The van der Waals surface area contributed by atoms with Gasteiger partial charge in [-0.25, -0.2) is 0 Å². The number of hydrogen-bond acceptors (Lipinski definition) is 2. The minimum Gasteiger partial charge on any atom is -0.488 e. The lowest BCUT2D eigenvalue weighted by molar-refractivity contribution is -0.0881. The second kappa shape index (κ2) is 6.36. The summed E-state index contributed by atoms with van der Waals surface area (Å²) in [5.41, 5.74) is 0.275. The first-order chi connectivity index (χ1) is 10.2. The summed E-state index contributed by atoms with van der Waals surface area (Å²) in [6, 6.07) is 6.19. The van der Waals surface area contributed by atoms with Gasteiger partial charge in [0.25, 0.3) is 0 Å². The summed E-state index contributed by atoms with van der Waals surface area (Å²) in [7, 11) is 2.07. The van der Waals surface area contributed by atoms with Crippen LogP contribution in [0.5, 0.6) is 5.75 Å². The average Bonchev–Trinajstić information content (AvgIpc) is 2.75. The van der Waals surface area contributed by atoms with Gasteiger partial charge in [-0.1, -0.05) is 55.0 Å². The molecule has 0 bridgehead atoms. The van der Waals surface area contributed by atoms with E-state index in [1.807, 2.05) is 12.1 Å². The molecule has 2 atom stereocenters. The Balaban J connectivity index is 1.80. The van der Waals surface area contributed by atoms with Crippen LogP contribution >= 0.6 is 23.2 Å². The lowest BCUT2D eigenvalue weighted by Crippen LogP contribution is -2.64. The molecule has 2 unspecified atom stereocenters. The third-order valence-electron chi connectivity index (χ3n) is 5.35. The normalized spacial score (nSPS) is 28.0. The van der Waals surface area contributed by atoms with Crippen molar-refractivity contribution in [2.75, 3.05) is 7.05 Å². The Bertz CT molecular complexity index is 498. The van der Waals surface area contributed by atoms with E-state index >= 15 is 0 Å². The van der Waals surface area contributed by atoms with E-state index in [-0.39, 0.29) is 11.5 Å². The summed E-state index contributed by atoms with van der Waals surface area (Å²) in [5.74, 6) is 0.729. The number of benzene rings is 1. The summed E-state index contributed by atoms with van der Waals surface area (Å²) in [5, 5.41) is 4.59. The van der Waals surface area contributed by atoms with Crippen LogP contribution in [0.15, 0.2) is 18.2 Å². The maximum absolute atomic E-state index is 6.29. The van der Waals surface area contributed by atoms with Crippen LogP contribution in [0.3, 0.4) is 0 Å². The molecular formula is C17H23Cl2NO. The fourth-order valence-electron chi connectivity index (χ4n) is 4.10. The first-order valence-electron chi connectivity index (χ1n) is 7.95. The van der Waals surface area contributed by atoms with Crippen molar-refractivity contribution >= 4 is 23.2 Å². The van der Waals surface area contributed by atoms with Gasteiger partial charge in [0, 0.05) is 17.9 Å². The van der Waals surface area contributed by atoms with Gasteiger partial charge < -0.3 is 10.1 Å². The van der Waals surface area contributed by atoms with E-state index in [2.05, 4.69) is 12.4 Å². The second-order valence-corrected chi connectivity index (χ2v) is 7.17. The number of nitrogens with one attached hydrogen (secondary N) is 1. The highest BCUT2D eigenvalue weighted by atomic mass is 35.5. The van der Waals surface area contributed by atoms with Crippen molar-refractivity contribution in [3.8, 4) is 5.75 Å². The minimum absolute atomic E-state index is 0.254. The molecule has 2 aliphatic rings. The van der Waals surface area contributed by atoms with Crippen LogP contribution < -0.4 is 10.1 Å². The molecule has 1 spiro atoms. The van der Waals surface area contributed by atoms with Crippen molar-refractivity contribution in [1.82, 2.24) is 5.32 Å². The molecular weight excluding hydrogens is 305 g/mol. The third-order valence-corrected chi connectivity index (χ3v) is 6.15. The van der Waals surface area contributed by atoms with E-state index in [1.165, 1.54) is 38.5 Å². The zero-order chi connectivity index (χ0) is 14.9. The Kier molecular flexibility index (Phi) is 4.68. The number of ether oxygens (including phenoxy) is 1. The summed E-state index contributed by atoms with van der Waals surface area (Å²) in [6.45, 7) is 0. The molecule has 1 aromatic carbocycles. The maximum atomic E-state index is 6.29. The molecule has 2 aliphatic carbocycles. The van der Waals surface area contributed by atoms with Crippen LogP contribution in [-0.4, -0.2) is 19.2 Å². The molecule has 1 N–H and O–H groups in total. The predicted molar refractivity (Wildman–Crippen MR) is 88.5 cm³/mol. The molecule has 0 aliphatic heterocycles. The van der Waals surface area contributed by atoms with Crippen molar-refractivity contribution in [3.63, 3.8) is 0 Å². The lowest BCUT2D eigenvalue weighted by atomic mass is 9.58. The Morgan fingerprint density at radius 3 is 2.52 bits per heavy atom. The van der Waals surface area contributed by atoms with E-state index in [0.717, 1.165) is 12.2 Å². The van der Waals surface area contributed by atoms with Crippen molar-refractivity contribution in [1.29, 1.82) is 0 Å². The SMILES string of the molecule is CNC1CC(Oc2cccc(Cl)c2Cl)C12CCCCCC2. The van der Waals surface area contributed by atoms with Crippen LogP contribution in [0.25, 0.3) is 0 Å². The van der Waals surface area contributed by atoms with E-state index in [9.17, 15) is 0 Å². The zero-order valence-electron chi connectivity index (χ0n) is 12.5. The van der Waals surface area contributed by atoms with Gasteiger partial charge in [0.1, 0.15) is 16.9 Å². The Labute approximate surface area is 137 Å². The summed E-state index contributed by atoms with van der Waals surface area (Å²) in [4.78, 5) is 0. The topological polar surface area (TPSA) is 21.3 Å². The Hall–Kier alpha value is -0.440. The largest absolute Gasteiger partial charge is 0.488 e. The molecule has 3 rings (SSSR count). The first kappa shape index (κ1) is 15.5. The van der Waals surface area contributed by atoms with Crippen molar-refractivity contribution in [2.45, 2.75) is 57.1 Å². The quantitative estimate of drug-likeness (QED) is 0.836. The van der Waals surface area contributed by atoms with E-state index in [0.29, 0.717) is 16.1 Å². The molecule has 21 heavy (non-hydrogen) atoms. The summed E-state index contributed by atoms with van der Waals surface area (Å²) >= 11 is 12.4. The average molecular weight is 328 g/mol. The monoisotopic (exact) mass is 327 g/mol. The molecule has 0 radical (unpaired) electrons. The second-order valence-electron chi connectivity index (χ2n) is 6.38. The van der Waals surface area contributed by atoms with Gasteiger partial charge in [-0.15, -0.1) is 0 Å². The maximum Gasteiger partial charge on any atom is 0.139 e. The number of rotatable bonds is 3. The molecule has 2 saturated carbocycles. The summed E-state index contributed by atoms with van der Waals surface area (Å²) in [6.07, 6.45) is 9.13. The van der Waals surface area contributed by atoms with E-state index in [4.69, 9.17) is 27.9 Å². The molecule has 2 fully saturated rings. The first-order valence-corrected chi connectivity index (χ1v) is 8.71. The predicted octanol–water partition coefficient (Wildman–Crippen LogP) is 5.07. The van der Waals surface area contributed by atoms with Crippen LogP contribution in [0.2, 0.25) is 10.0 Å². The van der Waals surface area contributed by atoms with Crippen molar-refractivity contribution in [2.24, 2.45) is 5.41 Å². The highest BCUT2D eigenvalue weighted by Gasteiger charge is 2.55. The molecule has 0 saturated heterocycles. The van der Waals surface area contributed by atoms with Gasteiger partial charge in [0.2, 0.25) is 0 Å². The Morgan fingerprint density at radius 1 is 1.14 bits per heavy atom. The van der Waals surface area contributed by atoms with Gasteiger partial charge in [0.05, 0.1) is 5.02 Å². The minimum atomic E-state index is 0.254. The van der Waals surface area contributed by atoms with E-state index in [1.54, 1.807) is 6.07 Å². The zero-order valence-corrected chi connectivity index (χ0v) is 14.0. The number of hydrogen-bond donors (Lipinski definition) is 1. The fraction of sp³-hybridized carbons (Fsp3) is 0.647. The van der Waals surface area contributed by atoms with Crippen LogP contribution in [-0.2, 0) is 0 Å². The molecule has 0 heterocycles. The molecule has 2 nitrogen and oxygen atoms in total. The van der Waals surface area contributed by atoms with Gasteiger partial charge >= 0.3 is 0 Å². The smallest absolute Gasteiger partial charge is 0.139 e. The van der Waals surface area contributed by atoms with E-state index < -0.39 is 0 Å². The Morgan fingerprint density at radius 2 is 1.86 bits per heavy atom. The molecule has 0 amide bonds. The van der Waals surface area contributed by atoms with Crippen LogP contribution in [0, 0.1) is 5.41 Å². The van der Waals surface area contributed by atoms with Crippen molar-refractivity contribution < 1.29 is 4.74 Å². The summed E-state index contributed by atoms with van der Waals surface area (Å²) < 4.78 is 6.29. The van der Waals surface area contributed by atoms with Gasteiger partial charge in [-0.05, 0) is 32.0 Å². The van der Waals surface area contributed by atoms with Crippen LogP contribution in [0.1, 0.15) is 44.9 Å². The third kappa shape index (κ3) is 2.78.